The number of halogens is 3. The van der Waals surface area contributed by atoms with E-state index in [2.05, 4.69) is 15.3 Å². The van der Waals surface area contributed by atoms with Crippen LogP contribution in [0.2, 0.25) is 0 Å². The third-order valence-corrected chi connectivity index (χ3v) is 6.44. The van der Waals surface area contributed by atoms with Gasteiger partial charge in [-0.15, -0.1) is 0 Å². The number of carbonyl (C=O) groups excluding carboxylic acids is 1. The highest BCUT2D eigenvalue weighted by atomic mass is 19.3. The number of aryl methyl sites for hydroxylation is 1. The van der Waals surface area contributed by atoms with E-state index >= 15 is 13.2 Å². The summed E-state index contributed by atoms with van der Waals surface area (Å²) in [7, 11) is 3.08. The normalized spacial score (nSPS) is 15.9. The third kappa shape index (κ3) is 6.17. The number of nitrogens with zero attached hydrogens (tertiary/aromatic N) is 3. The molecule has 0 bridgehead atoms. The van der Waals surface area contributed by atoms with E-state index in [9.17, 15) is 4.79 Å². The highest BCUT2D eigenvalue weighted by Crippen LogP contribution is 2.38. The van der Waals surface area contributed by atoms with Crippen LogP contribution in [-0.4, -0.2) is 74.0 Å². The molecule has 1 atom stereocenters. The first-order valence-electron chi connectivity index (χ1n) is 12.4. The molecule has 1 aromatic heterocycles. The molecule has 1 aliphatic rings. The Morgan fingerprint density at radius 1 is 1.21 bits per heavy atom. The van der Waals surface area contributed by atoms with Crippen molar-refractivity contribution in [2.24, 2.45) is 0 Å². The van der Waals surface area contributed by atoms with E-state index in [4.69, 9.17) is 18.9 Å². The van der Waals surface area contributed by atoms with Gasteiger partial charge in [0.15, 0.2) is 11.5 Å². The summed E-state index contributed by atoms with van der Waals surface area (Å²) in [5.74, 6) is -3.31. The van der Waals surface area contributed by atoms with Gasteiger partial charge in [0.2, 0.25) is 5.91 Å². The number of methoxy groups -OCH3 is 2. The number of anilines is 1. The molecule has 12 heteroatoms. The predicted molar refractivity (Wildman–Crippen MR) is 138 cm³/mol. The number of amides is 1. The second-order valence-corrected chi connectivity index (χ2v) is 9.06. The molecule has 0 spiro atoms. The molecule has 1 aliphatic heterocycles. The van der Waals surface area contributed by atoms with E-state index in [0.29, 0.717) is 40.7 Å². The van der Waals surface area contributed by atoms with Gasteiger partial charge in [-0.05, 0) is 19.1 Å². The highest BCUT2D eigenvalue weighted by molar-refractivity contribution is 5.91. The van der Waals surface area contributed by atoms with Gasteiger partial charge in [-0.2, -0.15) is 8.78 Å². The zero-order chi connectivity index (χ0) is 28.2. The maximum Gasteiger partial charge on any atom is 0.303 e. The van der Waals surface area contributed by atoms with E-state index in [-0.39, 0.29) is 44.3 Å². The summed E-state index contributed by atoms with van der Waals surface area (Å²) in [5, 5.41) is 3.64. The van der Waals surface area contributed by atoms with Crippen LogP contribution in [-0.2, 0) is 26.7 Å². The average Bonchev–Trinajstić information content (AvgIpc) is 2.92. The van der Waals surface area contributed by atoms with Crippen molar-refractivity contribution in [3.8, 4) is 11.5 Å². The number of alkyl halides is 2. The largest absolute Gasteiger partial charge is 0.493 e. The Morgan fingerprint density at radius 2 is 2.00 bits per heavy atom. The standard InChI is InChI=1S/C27H31F3N4O5/c1-16-32-21-13-22(37-4)23(38-11-10-36-3)12-19(21)26(33-16)31-14-18-6-5-7-20(25(18)28)27(29,30)24-15-34(17(2)35)8-9-39-24/h5-7,12-13,24H,8-11,14-15H2,1-4H3,(H,31,32,33)/t24-/m0/s1. The van der Waals surface area contributed by atoms with Gasteiger partial charge in [0, 0.05) is 44.1 Å². The van der Waals surface area contributed by atoms with Gasteiger partial charge in [0.25, 0.3) is 0 Å². The van der Waals surface area contributed by atoms with E-state index in [0.717, 1.165) is 6.07 Å². The summed E-state index contributed by atoms with van der Waals surface area (Å²) in [6, 6.07) is 7.23. The molecule has 1 amide bonds. The van der Waals surface area contributed by atoms with Crippen LogP contribution in [0.5, 0.6) is 11.5 Å². The minimum absolute atomic E-state index is 0.0147. The van der Waals surface area contributed by atoms with Crippen molar-refractivity contribution < 1.29 is 36.9 Å². The summed E-state index contributed by atoms with van der Waals surface area (Å²) >= 11 is 0. The third-order valence-electron chi connectivity index (χ3n) is 6.44. The highest BCUT2D eigenvalue weighted by Gasteiger charge is 2.47. The van der Waals surface area contributed by atoms with Crippen molar-refractivity contribution in [1.29, 1.82) is 0 Å². The Bertz CT molecular complexity index is 1340. The molecule has 2 heterocycles. The van der Waals surface area contributed by atoms with E-state index < -0.39 is 23.4 Å². The minimum Gasteiger partial charge on any atom is -0.493 e. The maximum absolute atomic E-state index is 15.5. The molecule has 39 heavy (non-hydrogen) atoms. The van der Waals surface area contributed by atoms with Crippen LogP contribution in [0.1, 0.15) is 23.9 Å². The van der Waals surface area contributed by atoms with Crippen molar-refractivity contribution in [3.05, 3.63) is 53.1 Å². The molecule has 9 nitrogen and oxygen atoms in total. The zero-order valence-corrected chi connectivity index (χ0v) is 22.2. The van der Waals surface area contributed by atoms with Gasteiger partial charge in [0.05, 0.1) is 37.9 Å². The number of fused-ring (bicyclic) bond motifs is 1. The number of hydrogen-bond acceptors (Lipinski definition) is 8. The minimum atomic E-state index is -3.66. The van der Waals surface area contributed by atoms with Gasteiger partial charge in [-0.1, -0.05) is 12.1 Å². The van der Waals surface area contributed by atoms with Crippen LogP contribution in [0.25, 0.3) is 10.9 Å². The van der Waals surface area contributed by atoms with Crippen molar-refractivity contribution in [1.82, 2.24) is 14.9 Å². The quantitative estimate of drug-likeness (QED) is 0.379. The molecule has 0 saturated carbocycles. The molecular formula is C27H31F3N4O5. The number of carbonyl (C=O) groups is 1. The number of morpholine rings is 1. The first-order valence-corrected chi connectivity index (χ1v) is 12.4. The monoisotopic (exact) mass is 548 g/mol. The van der Waals surface area contributed by atoms with Gasteiger partial charge in [0.1, 0.15) is 30.2 Å². The summed E-state index contributed by atoms with van der Waals surface area (Å²) in [6.07, 6.45) is -1.66. The van der Waals surface area contributed by atoms with E-state index in [1.54, 1.807) is 26.2 Å². The Kier molecular flexibility index (Phi) is 8.76. The Balaban J connectivity index is 1.61. The van der Waals surface area contributed by atoms with Crippen LogP contribution < -0.4 is 14.8 Å². The number of hydrogen-bond donors (Lipinski definition) is 1. The van der Waals surface area contributed by atoms with Crippen LogP contribution in [0, 0.1) is 12.7 Å². The van der Waals surface area contributed by atoms with Gasteiger partial charge < -0.3 is 29.2 Å². The average molecular weight is 549 g/mol. The molecular weight excluding hydrogens is 517 g/mol. The SMILES string of the molecule is COCCOc1cc2c(NCc3cccc(C(F)(F)[C@@H]4CN(C(C)=O)CCO4)c3F)nc(C)nc2cc1OC. The molecule has 1 N–H and O–H groups in total. The van der Waals surface area contributed by atoms with Crippen molar-refractivity contribution in [2.45, 2.75) is 32.4 Å². The number of ether oxygens (including phenoxy) is 4. The molecule has 0 unspecified atom stereocenters. The molecule has 210 valence electrons. The van der Waals surface area contributed by atoms with Crippen LogP contribution in [0.4, 0.5) is 19.0 Å². The number of nitrogens with one attached hydrogen (secondary N) is 1. The molecule has 4 rings (SSSR count). The molecule has 2 aromatic carbocycles. The lowest BCUT2D eigenvalue weighted by atomic mass is 9.98. The van der Waals surface area contributed by atoms with Crippen LogP contribution in [0.3, 0.4) is 0 Å². The number of benzene rings is 2. The Hall–Kier alpha value is -3.64. The fourth-order valence-corrected chi connectivity index (χ4v) is 4.38. The summed E-state index contributed by atoms with van der Waals surface area (Å²) in [6.45, 7) is 3.38. The van der Waals surface area contributed by atoms with Gasteiger partial charge in [-0.3, -0.25) is 4.79 Å². The number of rotatable bonds is 10. The topological polar surface area (TPSA) is 95.0 Å². The second kappa shape index (κ2) is 12.0. The molecule has 0 aliphatic carbocycles. The number of aromatic nitrogens is 2. The second-order valence-electron chi connectivity index (χ2n) is 9.06. The molecule has 0 radical (unpaired) electrons. The summed E-state index contributed by atoms with van der Waals surface area (Å²) in [4.78, 5) is 21.9. The lowest BCUT2D eigenvalue weighted by molar-refractivity contribution is -0.178. The van der Waals surface area contributed by atoms with Gasteiger partial charge >= 0.3 is 5.92 Å². The van der Waals surface area contributed by atoms with Crippen LogP contribution >= 0.6 is 0 Å². The van der Waals surface area contributed by atoms with Crippen molar-refractivity contribution in [3.63, 3.8) is 0 Å². The first-order chi connectivity index (χ1) is 18.6. The van der Waals surface area contributed by atoms with E-state index in [1.165, 1.54) is 31.1 Å². The summed E-state index contributed by atoms with van der Waals surface area (Å²) in [5.41, 5.74) is -0.216. The Labute approximate surface area is 224 Å². The zero-order valence-electron chi connectivity index (χ0n) is 22.2. The van der Waals surface area contributed by atoms with Crippen molar-refractivity contribution >= 4 is 22.6 Å². The van der Waals surface area contributed by atoms with Crippen molar-refractivity contribution in [2.75, 3.05) is 52.4 Å². The summed E-state index contributed by atoms with van der Waals surface area (Å²) < 4.78 is 67.8. The first kappa shape index (κ1) is 28.4. The lowest BCUT2D eigenvalue weighted by Crippen LogP contribution is -2.51. The van der Waals surface area contributed by atoms with Gasteiger partial charge in [-0.25, -0.2) is 14.4 Å². The predicted octanol–water partition coefficient (Wildman–Crippen LogP) is 4.06. The fourth-order valence-electron chi connectivity index (χ4n) is 4.38. The fraction of sp³-hybridized carbons (Fsp3) is 0.444. The Morgan fingerprint density at radius 3 is 2.72 bits per heavy atom. The molecule has 1 fully saturated rings. The molecule has 1 saturated heterocycles. The van der Waals surface area contributed by atoms with E-state index in [1.807, 2.05) is 0 Å². The maximum atomic E-state index is 15.5. The van der Waals surface area contributed by atoms with Crippen LogP contribution in [0.15, 0.2) is 30.3 Å². The smallest absolute Gasteiger partial charge is 0.303 e. The molecule has 3 aromatic rings. The lowest BCUT2D eigenvalue weighted by Gasteiger charge is -2.36.